The van der Waals surface area contributed by atoms with E-state index in [1.54, 1.807) is 36.4 Å². The molecule has 0 amide bonds. The molecule has 6 rings (SSSR count). The number of nitrogens with one attached hydrogen (secondary N) is 1. The van der Waals surface area contributed by atoms with E-state index in [4.69, 9.17) is 42.1 Å². The monoisotopic (exact) mass is 842 g/mol. The molecule has 2 aliphatic rings. The van der Waals surface area contributed by atoms with E-state index in [0.29, 0.717) is 35.1 Å². The minimum atomic E-state index is -0.322. The van der Waals surface area contributed by atoms with Crippen molar-refractivity contribution in [3.05, 3.63) is 119 Å². The smallest absolute Gasteiger partial charge is 0.165 e. The van der Waals surface area contributed by atoms with Crippen molar-refractivity contribution in [3.8, 4) is 23.0 Å². The van der Waals surface area contributed by atoms with E-state index in [1.807, 2.05) is 48.5 Å². The summed E-state index contributed by atoms with van der Waals surface area (Å²) in [4.78, 5) is 2.31. The molecule has 2 heterocycles. The minimum Gasteiger partial charge on any atom is -0.490 e. The molecule has 2 fully saturated rings. The lowest BCUT2D eigenvalue weighted by Gasteiger charge is -2.40. The van der Waals surface area contributed by atoms with Crippen LogP contribution in [-0.4, -0.2) is 67.4 Å². The average Bonchev–Trinajstić information content (AvgIpc) is 3.12. The van der Waals surface area contributed by atoms with Crippen LogP contribution in [0, 0.1) is 11.6 Å². The van der Waals surface area contributed by atoms with Gasteiger partial charge in [-0.05, 0) is 125 Å². The van der Waals surface area contributed by atoms with Crippen molar-refractivity contribution in [3.63, 3.8) is 0 Å². The molecule has 2 aliphatic heterocycles. The van der Waals surface area contributed by atoms with Gasteiger partial charge in [0, 0.05) is 35.0 Å². The quantitative estimate of drug-likeness (QED) is 0.152. The van der Waals surface area contributed by atoms with E-state index >= 15 is 0 Å². The number of halogens is 6. The normalized spacial score (nSPS) is 19.8. The fourth-order valence-corrected chi connectivity index (χ4v) is 6.24. The molecule has 12 heteroatoms. The maximum atomic E-state index is 13.6. The fraction of sp³-hybridized carbons (Fsp3) is 0.400. The Labute approximate surface area is 331 Å². The van der Waals surface area contributed by atoms with Gasteiger partial charge in [-0.15, -0.1) is 12.4 Å². The maximum Gasteiger partial charge on any atom is 0.165 e. The molecule has 0 radical (unpaired) electrons. The Balaban J connectivity index is 0.000000230. The number of piperidine rings is 2. The van der Waals surface area contributed by atoms with E-state index < -0.39 is 0 Å². The van der Waals surface area contributed by atoms with Crippen molar-refractivity contribution in [2.75, 3.05) is 51.3 Å². The van der Waals surface area contributed by atoms with E-state index in [9.17, 15) is 8.78 Å². The van der Waals surface area contributed by atoms with Crippen LogP contribution in [0.15, 0.2) is 97.1 Å². The number of alkyl halides is 1. The predicted octanol–water partition coefficient (Wildman–Crippen LogP) is 10.7. The van der Waals surface area contributed by atoms with Crippen molar-refractivity contribution in [2.45, 2.75) is 50.7 Å². The summed E-state index contributed by atoms with van der Waals surface area (Å²) in [7, 11) is 0. The second-order valence-electron chi connectivity index (χ2n) is 12.9. The summed E-state index contributed by atoms with van der Waals surface area (Å²) in [6, 6.07) is 27.9. The molecule has 2 saturated heterocycles. The molecule has 6 nitrogen and oxygen atoms in total. The third-order valence-corrected chi connectivity index (χ3v) is 9.15. The van der Waals surface area contributed by atoms with Gasteiger partial charge in [0.1, 0.15) is 29.3 Å². The summed E-state index contributed by atoms with van der Waals surface area (Å²) in [6.07, 6.45) is 4.33. The highest BCUT2D eigenvalue weighted by Crippen LogP contribution is 2.29. The third-order valence-electron chi connectivity index (χ3n) is 8.33. The lowest BCUT2D eigenvalue weighted by molar-refractivity contribution is 0.00201. The summed E-state index contributed by atoms with van der Waals surface area (Å²) < 4.78 is 49.2. The fourth-order valence-electron chi connectivity index (χ4n) is 5.83. The Morgan fingerprint density at radius 3 is 1.71 bits per heavy atom. The summed E-state index contributed by atoms with van der Waals surface area (Å²) in [5.41, 5.74) is -0.323. The Morgan fingerprint density at radius 2 is 1.21 bits per heavy atom. The van der Waals surface area contributed by atoms with Gasteiger partial charge in [-0.3, -0.25) is 4.90 Å². The molecule has 0 aromatic heterocycles. The van der Waals surface area contributed by atoms with Gasteiger partial charge >= 0.3 is 0 Å². The SMILES string of the molecule is CC1(Oc2ccc(Cl)cc2)CCCN(CCOc2ccccc2F)C1.CC1(Oc2ccc(Cl)cc2)CCCNC1.Cl.Fc1ccccc1OCCBr. The Morgan fingerprint density at radius 1 is 0.712 bits per heavy atom. The van der Waals surface area contributed by atoms with Gasteiger partial charge in [0.05, 0.1) is 6.61 Å². The average molecular weight is 845 g/mol. The first kappa shape index (κ1) is 43.6. The van der Waals surface area contributed by atoms with Crippen LogP contribution in [0.3, 0.4) is 0 Å². The van der Waals surface area contributed by atoms with Crippen LogP contribution in [0.1, 0.15) is 39.5 Å². The van der Waals surface area contributed by atoms with Crippen molar-refractivity contribution in [1.29, 1.82) is 0 Å². The van der Waals surface area contributed by atoms with Crippen molar-refractivity contribution >= 4 is 51.5 Å². The summed E-state index contributed by atoms with van der Waals surface area (Å²) >= 11 is 14.9. The number of rotatable bonds is 11. The Kier molecular flexibility index (Phi) is 18.8. The van der Waals surface area contributed by atoms with Crippen molar-refractivity contribution in [2.24, 2.45) is 0 Å². The molecule has 2 atom stereocenters. The number of para-hydroxylation sites is 2. The van der Waals surface area contributed by atoms with Gasteiger partial charge in [-0.1, -0.05) is 63.4 Å². The predicted molar refractivity (Wildman–Crippen MR) is 214 cm³/mol. The first-order chi connectivity index (χ1) is 24.6. The standard InChI is InChI=1S/C20H23ClFNO2.C12H16ClNO.C8H8BrFO.ClH/c1-20(25-17-9-7-16(21)8-10-17)11-4-12-23(15-20)13-14-24-19-6-3-2-5-18(19)22;1-12(7-2-8-14-9-12)15-11-5-3-10(13)4-6-11;9-5-6-11-8-4-2-1-3-7(8)10;/h2-3,5-10H,4,11-15H2,1H3;3-6,14H,2,7-9H2,1H3;1-4H,5-6H2;1H. The highest BCUT2D eigenvalue weighted by Gasteiger charge is 2.33. The van der Waals surface area contributed by atoms with Gasteiger partial charge < -0.3 is 24.3 Å². The molecule has 4 aromatic carbocycles. The molecule has 4 aromatic rings. The number of hydrogen-bond donors (Lipinski definition) is 1. The molecule has 0 bridgehead atoms. The second kappa shape index (κ2) is 22.4. The molecule has 2 unspecified atom stereocenters. The topological polar surface area (TPSA) is 52.2 Å². The molecule has 0 aliphatic carbocycles. The summed E-state index contributed by atoms with van der Waals surface area (Å²) in [5, 5.41) is 5.51. The van der Waals surface area contributed by atoms with Crippen LogP contribution in [0.25, 0.3) is 0 Å². The number of ether oxygens (including phenoxy) is 4. The molecule has 52 heavy (non-hydrogen) atoms. The highest BCUT2D eigenvalue weighted by atomic mass is 79.9. The van der Waals surface area contributed by atoms with Crippen LogP contribution in [0.5, 0.6) is 23.0 Å². The third kappa shape index (κ3) is 15.3. The van der Waals surface area contributed by atoms with Crippen LogP contribution >= 0.6 is 51.5 Å². The van der Waals surface area contributed by atoms with Gasteiger partial charge in [-0.2, -0.15) is 0 Å². The van der Waals surface area contributed by atoms with E-state index in [1.165, 1.54) is 18.6 Å². The van der Waals surface area contributed by atoms with Crippen LogP contribution < -0.4 is 24.3 Å². The van der Waals surface area contributed by atoms with Gasteiger partial charge in [0.15, 0.2) is 23.1 Å². The molecule has 0 saturated carbocycles. The molecular weight excluding hydrogens is 797 g/mol. The van der Waals surface area contributed by atoms with Gasteiger partial charge in [-0.25, -0.2) is 8.78 Å². The Hall–Kier alpha value is -2.79. The number of likely N-dealkylation sites (tertiary alicyclic amines) is 1. The van der Waals surface area contributed by atoms with E-state index in [-0.39, 0.29) is 35.2 Å². The largest absolute Gasteiger partial charge is 0.490 e. The van der Waals surface area contributed by atoms with Crippen molar-refractivity contribution < 1.29 is 27.7 Å². The first-order valence-corrected chi connectivity index (χ1v) is 19.1. The van der Waals surface area contributed by atoms with Gasteiger partial charge in [0.2, 0.25) is 0 Å². The molecule has 0 spiro atoms. The van der Waals surface area contributed by atoms with Gasteiger partial charge in [0.25, 0.3) is 0 Å². The summed E-state index contributed by atoms with van der Waals surface area (Å²) in [5.74, 6) is 1.71. The zero-order chi connectivity index (χ0) is 36.5. The molecule has 1 N–H and O–H groups in total. The van der Waals surface area contributed by atoms with Crippen LogP contribution in [-0.2, 0) is 0 Å². The lowest BCUT2D eigenvalue weighted by Crippen LogP contribution is -2.50. The van der Waals surface area contributed by atoms with Crippen LogP contribution in [0.2, 0.25) is 10.0 Å². The second-order valence-corrected chi connectivity index (χ2v) is 14.6. The maximum absolute atomic E-state index is 13.6. The first-order valence-electron chi connectivity index (χ1n) is 17.2. The number of hydrogen-bond acceptors (Lipinski definition) is 6. The Bertz CT molecular complexity index is 1600. The summed E-state index contributed by atoms with van der Waals surface area (Å²) in [6.45, 7) is 9.79. The van der Waals surface area contributed by atoms with Crippen molar-refractivity contribution in [1.82, 2.24) is 10.2 Å². The molecular formula is C40H48BrCl3F2N2O4. The van der Waals surface area contributed by atoms with Crippen LogP contribution in [0.4, 0.5) is 8.78 Å². The van der Waals surface area contributed by atoms with E-state index in [0.717, 1.165) is 68.5 Å². The lowest BCUT2D eigenvalue weighted by atomic mass is 9.94. The minimum absolute atomic E-state index is 0. The zero-order valence-electron chi connectivity index (χ0n) is 29.6. The number of benzene rings is 4. The highest BCUT2D eigenvalue weighted by molar-refractivity contribution is 9.09. The zero-order valence-corrected chi connectivity index (χ0v) is 33.5. The van der Waals surface area contributed by atoms with E-state index in [2.05, 4.69) is 40.0 Å². The number of nitrogens with zero attached hydrogens (tertiary/aromatic N) is 1. The molecule has 284 valence electrons.